The standard InChI is InChI=1S/C21H16O3/c1-13(22)15-10-6-12-18-19(15)21(23-2)20(24-18)17-11-5-8-14-7-3-4-9-16(14)17/h3-12H,1-2H3. The number of Topliss-reactive ketones (excluding diaryl/α,β-unsaturated/α-hetero) is 1. The van der Waals surface area contributed by atoms with Crippen LogP contribution in [0.4, 0.5) is 0 Å². The van der Waals surface area contributed by atoms with E-state index < -0.39 is 0 Å². The molecule has 0 aliphatic heterocycles. The van der Waals surface area contributed by atoms with Gasteiger partial charge in [-0.15, -0.1) is 0 Å². The number of rotatable bonds is 3. The van der Waals surface area contributed by atoms with Gasteiger partial charge in [-0.2, -0.15) is 0 Å². The molecule has 24 heavy (non-hydrogen) atoms. The van der Waals surface area contributed by atoms with Gasteiger partial charge < -0.3 is 9.15 Å². The molecule has 1 aromatic heterocycles. The summed E-state index contributed by atoms with van der Waals surface area (Å²) in [5.74, 6) is 1.24. The molecule has 0 unspecified atom stereocenters. The van der Waals surface area contributed by atoms with E-state index in [9.17, 15) is 4.79 Å². The normalized spacial score (nSPS) is 11.1. The summed E-state index contributed by atoms with van der Waals surface area (Å²) in [5, 5.41) is 2.95. The van der Waals surface area contributed by atoms with E-state index >= 15 is 0 Å². The van der Waals surface area contributed by atoms with Crippen LogP contribution in [0, 0.1) is 0 Å². The summed E-state index contributed by atoms with van der Waals surface area (Å²) in [4.78, 5) is 12.0. The van der Waals surface area contributed by atoms with Crippen LogP contribution in [0.25, 0.3) is 33.1 Å². The summed E-state index contributed by atoms with van der Waals surface area (Å²) >= 11 is 0. The molecule has 0 saturated carbocycles. The van der Waals surface area contributed by atoms with Gasteiger partial charge in [0, 0.05) is 11.1 Å². The van der Waals surface area contributed by atoms with Gasteiger partial charge in [-0.05, 0) is 23.8 Å². The Labute approximate surface area is 139 Å². The van der Waals surface area contributed by atoms with Crippen LogP contribution in [-0.4, -0.2) is 12.9 Å². The molecule has 0 saturated heterocycles. The number of hydrogen-bond donors (Lipinski definition) is 0. The molecule has 0 N–H and O–H groups in total. The third-order valence-electron chi connectivity index (χ3n) is 4.29. The van der Waals surface area contributed by atoms with E-state index in [1.54, 1.807) is 20.1 Å². The van der Waals surface area contributed by atoms with Crippen molar-refractivity contribution < 1.29 is 13.9 Å². The van der Waals surface area contributed by atoms with E-state index in [1.165, 1.54) is 0 Å². The van der Waals surface area contributed by atoms with Crippen LogP contribution in [0.1, 0.15) is 17.3 Å². The van der Waals surface area contributed by atoms with E-state index in [4.69, 9.17) is 9.15 Å². The lowest BCUT2D eigenvalue weighted by Gasteiger charge is -2.06. The highest BCUT2D eigenvalue weighted by atomic mass is 16.5. The van der Waals surface area contributed by atoms with Crippen LogP contribution in [0.2, 0.25) is 0 Å². The minimum atomic E-state index is -0.0100. The summed E-state index contributed by atoms with van der Waals surface area (Å²) in [6.45, 7) is 1.55. The Hall–Kier alpha value is -3.07. The number of carbonyl (C=O) groups is 1. The molecule has 4 aromatic rings. The maximum Gasteiger partial charge on any atom is 0.177 e. The Balaban J connectivity index is 2.10. The summed E-state index contributed by atoms with van der Waals surface area (Å²) in [5.41, 5.74) is 2.22. The summed E-state index contributed by atoms with van der Waals surface area (Å²) in [7, 11) is 1.61. The predicted molar refractivity (Wildman–Crippen MR) is 95.7 cm³/mol. The van der Waals surface area contributed by atoms with E-state index in [1.807, 2.05) is 36.4 Å². The number of methoxy groups -OCH3 is 1. The lowest BCUT2D eigenvalue weighted by molar-refractivity contribution is 0.101. The second-order valence-corrected chi connectivity index (χ2v) is 5.73. The smallest absolute Gasteiger partial charge is 0.177 e. The fraction of sp³-hybridized carbons (Fsp3) is 0.0952. The zero-order valence-corrected chi connectivity index (χ0v) is 13.5. The highest BCUT2D eigenvalue weighted by molar-refractivity contribution is 6.11. The van der Waals surface area contributed by atoms with Gasteiger partial charge in [0.2, 0.25) is 0 Å². The van der Waals surface area contributed by atoms with Crippen molar-refractivity contribution in [3.8, 4) is 17.1 Å². The summed E-state index contributed by atoms with van der Waals surface area (Å²) in [6, 6.07) is 19.7. The summed E-state index contributed by atoms with van der Waals surface area (Å²) in [6.07, 6.45) is 0. The topological polar surface area (TPSA) is 39.4 Å². The fourth-order valence-corrected chi connectivity index (χ4v) is 3.21. The van der Waals surface area contributed by atoms with Crippen molar-refractivity contribution in [2.24, 2.45) is 0 Å². The number of furan rings is 1. The number of ether oxygens (including phenoxy) is 1. The van der Waals surface area contributed by atoms with E-state index in [0.717, 1.165) is 21.7 Å². The quantitative estimate of drug-likeness (QED) is 0.471. The van der Waals surface area contributed by atoms with Gasteiger partial charge in [0.1, 0.15) is 5.58 Å². The Morgan fingerprint density at radius 2 is 1.71 bits per heavy atom. The molecule has 3 heteroatoms. The van der Waals surface area contributed by atoms with Gasteiger partial charge in [0.25, 0.3) is 0 Å². The molecule has 0 bridgehead atoms. The highest BCUT2D eigenvalue weighted by Gasteiger charge is 2.22. The number of carbonyl (C=O) groups excluding carboxylic acids is 1. The van der Waals surface area contributed by atoms with Crippen LogP contribution >= 0.6 is 0 Å². The SMILES string of the molecule is COc1c(-c2cccc3ccccc23)oc2cccc(C(C)=O)c12. The van der Waals surface area contributed by atoms with Crippen molar-refractivity contribution in [1.82, 2.24) is 0 Å². The summed E-state index contributed by atoms with van der Waals surface area (Å²) < 4.78 is 11.7. The molecule has 0 aliphatic rings. The van der Waals surface area contributed by atoms with Gasteiger partial charge in [-0.1, -0.05) is 54.6 Å². The molecule has 0 atom stereocenters. The monoisotopic (exact) mass is 316 g/mol. The average molecular weight is 316 g/mol. The van der Waals surface area contributed by atoms with Crippen LogP contribution in [0.3, 0.4) is 0 Å². The van der Waals surface area contributed by atoms with Crippen molar-refractivity contribution in [3.05, 3.63) is 66.2 Å². The molecule has 0 radical (unpaired) electrons. The first-order chi connectivity index (χ1) is 11.7. The Kier molecular flexibility index (Phi) is 3.35. The highest BCUT2D eigenvalue weighted by Crippen LogP contribution is 2.43. The zero-order valence-electron chi connectivity index (χ0n) is 13.5. The van der Waals surface area contributed by atoms with E-state index in [-0.39, 0.29) is 5.78 Å². The third kappa shape index (κ3) is 2.09. The van der Waals surface area contributed by atoms with Crippen molar-refractivity contribution >= 4 is 27.5 Å². The first-order valence-electron chi connectivity index (χ1n) is 7.79. The van der Waals surface area contributed by atoms with E-state index in [0.29, 0.717) is 22.7 Å². The van der Waals surface area contributed by atoms with Crippen molar-refractivity contribution in [2.75, 3.05) is 7.11 Å². The molecule has 0 aliphatic carbocycles. The first-order valence-corrected chi connectivity index (χ1v) is 7.79. The maximum absolute atomic E-state index is 12.0. The molecule has 118 valence electrons. The van der Waals surface area contributed by atoms with Gasteiger partial charge in [0.05, 0.1) is 12.5 Å². The minimum absolute atomic E-state index is 0.0100. The Morgan fingerprint density at radius 1 is 0.958 bits per heavy atom. The average Bonchev–Trinajstić information content (AvgIpc) is 2.99. The van der Waals surface area contributed by atoms with Crippen molar-refractivity contribution in [3.63, 3.8) is 0 Å². The molecule has 0 spiro atoms. The van der Waals surface area contributed by atoms with Gasteiger partial charge in [0.15, 0.2) is 17.3 Å². The largest absolute Gasteiger partial charge is 0.492 e. The Morgan fingerprint density at radius 3 is 2.50 bits per heavy atom. The van der Waals surface area contributed by atoms with Gasteiger partial charge in [-0.3, -0.25) is 4.79 Å². The molecular weight excluding hydrogens is 300 g/mol. The maximum atomic E-state index is 12.0. The molecule has 3 nitrogen and oxygen atoms in total. The van der Waals surface area contributed by atoms with Crippen molar-refractivity contribution in [2.45, 2.75) is 6.92 Å². The van der Waals surface area contributed by atoms with Gasteiger partial charge >= 0.3 is 0 Å². The second-order valence-electron chi connectivity index (χ2n) is 5.73. The first kappa shape index (κ1) is 14.5. The Bertz CT molecular complexity index is 1070. The van der Waals surface area contributed by atoms with Crippen molar-refractivity contribution in [1.29, 1.82) is 0 Å². The number of benzene rings is 3. The second kappa shape index (κ2) is 5.53. The molecule has 4 rings (SSSR count). The third-order valence-corrected chi connectivity index (χ3v) is 4.29. The number of ketones is 1. The lowest BCUT2D eigenvalue weighted by Crippen LogP contribution is -1.94. The number of hydrogen-bond acceptors (Lipinski definition) is 3. The zero-order chi connectivity index (χ0) is 16.7. The van der Waals surface area contributed by atoms with Crippen LogP contribution < -0.4 is 4.74 Å². The molecule has 3 aromatic carbocycles. The number of fused-ring (bicyclic) bond motifs is 2. The molecule has 0 amide bonds. The molecule has 0 fully saturated rings. The molecule has 1 heterocycles. The van der Waals surface area contributed by atoms with E-state index in [2.05, 4.69) is 18.2 Å². The molecular formula is C21H16O3. The van der Waals surface area contributed by atoms with Crippen LogP contribution in [0.5, 0.6) is 5.75 Å². The van der Waals surface area contributed by atoms with Gasteiger partial charge in [-0.25, -0.2) is 0 Å². The predicted octanol–water partition coefficient (Wildman–Crippen LogP) is 5.46. The fourth-order valence-electron chi connectivity index (χ4n) is 3.21. The van der Waals surface area contributed by atoms with Crippen LogP contribution in [-0.2, 0) is 0 Å². The van der Waals surface area contributed by atoms with Crippen LogP contribution in [0.15, 0.2) is 65.1 Å². The minimum Gasteiger partial charge on any atom is -0.492 e. The lowest BCUT2D eigenvalue weighted by atomic mass is 10.0.